The number of nitrogens with zero attached hydrogens (tertiary/aromatic N) is 2. The van der Waals surface area contributed by atoms with Crippen LogP contribution >= 0.6 is 35.1 Å². The second kappa shape index (κ2) is 9.57. The lowest BCUT2D eigenvalue weighted by atomic mass is 9.88. The quantitative estimate of drug-likeness (QED) is 0.454. The summed E-state index contributed by atoms with van der Waals surface area (Å²) in [6.07, 6.45) is 6.68. The van der Waals surface area contributed by atoms with E-state index in [0.717, 1.165) is 47.9 Å². The van der Waals surface area contributed by atoms with E-state index in [1.807, 2.05) is 6.07 Å². The molecule has 7 heteroatoms. The second-order valence-corrected chi connectivity index (χ2v) is 11.0. The zero-order valence-electron chi connectivity index (χ0n) is 18.1. The Morgan fingerprint density at radius 3 is 2.68 bits per heavy atom. The lowest BCUT2D eigenvalue weighted by Crippen LogP contribution is -2.35. The van der Waals surface area contributed by atoms with E-state index < -0.39 is 0 Å². The number of benzene rings is 1. The van der Waals surface area contributed by atoms with Crippen LogP contribution < -0.4 is 5.32 Å². The molecule has 5 rings (SSSR count). The molecule has 1 amide bonds. The first-order valence-electron chi connectivity index (χ1n) is 11.2. The fraction of sp³-hybridized carbons (Fsp3) is 0.500. The van der Waals surface area contributed by atoms with Gasteiger partial charge in [-0.15, -0.1) is 35.1 Å². The van der Waals surface area contributed by atoms with E-state index in [4.69, 9.17) is 4.98 Å². The number of amides is 1. The van der Waals surface area contributed by atoms with Gasteiger partial charge in [0.2, 0.25) is 5.91 Å². The summed E-state index contributed by atoms with van der Waals surface area (Å²) in [5, 5.41) is 5.41. The number of hydrogen-bond acceptors (Lipinski definition) is 5. The van der Waals surface area contributed by atoms with Gasteiger partial charge in [0.25, 0.3) is 0 Å². The molecule has 3 heterocycles. The Labute approximate surface area is 198 Å². The Morgan fingerprint density at radius 1 is 1.16 bits per heavy atom. The number of fused-ring (bicyclic) bond motifs is 2. The topological polar surface area (TPSA) is 45.2 Å². The lowest BCUT2D eigenvalue weighted by molar-refractivity contribution is -0.120. The number of anilines is 1. The van der Waals surface area contributed by atoms with Crippen LogP contribution in [0, 0.1) is 5.92 Å². The molecule has 1 aromatic carbocycles. The van der Waals surface area contributed by atoms with Crippen LogP contribution in [-0.2, 0) is 17.8 Å². The van der Waals surface area contributed by atoms with Crippen LogP contribution in [0.4, 0.5) is 5.00 Å². The number of para-hydroxylation sites is 1. The molecule has 1 saturated carbocycles. The molecule has 166 valence electrons. The number of carbonyl (C=O) groups excluding carboxylic acids is 1. The molecule has 0 saturated heterocycles. The van der Waals surface area contributed by atoms with E-state index in [2.05, 4.69) is 42.3 Å². The number of nitrogens with one attached hydrogen (secondary N) is 1. The molecule has 1 aliphatic heterocycles. The van der Waals surface area contributed by atoms with E-state index in [1.54, 1.807) is 22.7 Å². The predicted molar refractivity (Wildman–Crippen MR) is 135 cm³/mol. The molecule has 0 radical (unpaired) electrons. The maximum Gasteiger partial charge on any atom is 0.228 e. The summed E-state index contributed by atoms with van der Waals surface area (Å²) < 4.78 is 1.21. The molecule has 1 fully saturated rings. The third-order valence-corrected chi connectivity index (χ3v) is 8.72. The summed E-state index contributed by atoms with van der Waals surface area (Å²) in [5.74, 6) is 0.365. The van der Waals surface area contributed by atoms with Crippen molar-refractivity contribution < 1.29 is 4.79 Å². The molecule has 3 aromatic rings. The van der Waals surface area contributed by atoms with Gasteiger partial charge in [-0.2, -0.15) is 0 Å². The predicted octanol–water partition coefficient (Wildman–Crippen LogP) is 6.73. The number of rotatable bonds is 4. The van der Waals surface area contributed by atoms with E-state index in [0.29, 0.717) is 6.04 Å². The van der Waals surface area contributed by atoms with Crippen LogP contribution in [0.25, 0.3) is 20.8 Å². The first kappa shape index (κ1) is 22.7. The van der Waals surface area contributed by atoms with Gasteiger partial charge >= 0.3 is 0 Å². The summed E-state index contributed by atoms with van der Waals surface area (Å²) in [7, 11) is 0. The molecule has 1 N–H and O–H groups in total. The SMILES string of the molecule is CC(C)N1CCc2c(sc(NC(=O)C3CCCCC3)c2-c2nc3ccccc3s2)C1.Cl. The van der Waals surface area contributed by atoms with Gasteiger partial charge in [-0.3, -0.25) is 9.69 Å². The number of thiophene rings is 1. The molecule has 2 aliphatic rings. The summed E-state index contributed by atoms with van der Waals surface area (Å²) in [5.41, 5.74) is 3.63. The van der Waals surface area contributed by atoms with Crippen molar-refractivity contribution in [3.63, 3.8) is 0 Å². The third kappa shape index (κ3) is 4.54. The Balaban J connectivity index is 0.00000231. The van der Waals surface area contributed by atoms with Gasteiger partial charge in [0.1, 0.15) is 10.0 Å². The minimum atomic E-state index is 0. The van der Waals surface area contributed by atoms with Crippen molar-refractivity contribution in [2.75, 3.05) is 11.9 Å². The molecular weight excluding hydrogens is 446 g/mol. The highest BCUT2D eigenvalue weighted by Gasteiger charge is 2.30. The Bertz CT molecular complexity index is 1040. The largest absolute Gasteiger partial charge is 0.317 e. The minimum Gasteiger partial charge on any atom is -0.317 e. The minimum absolute atomic E-state index is 0. The fourth-order valence-corrected chi connectivity index (χ4v) is 7.12. The normalized spacial score (nSPS) is 17.5. The Kier molecular flexibility index (Phi) is 7.01. The summed E-state index contributed by atoms with van der Waals surface area (Å²) in [6.45, 7) is 6.56. The van der Waals surface area contributed by atoms with Crippen LogP contribution in [0.5, 0.6) is 0 Å². The van der Waals surface area contributed by atoms with Crippen molar-refractivity contribution in [2.45, 2.75) is 65.0 Å². The maximum absolute atomic E-state index is 13.1. The first-order chi connectivity index (χ1) is 14.6. The van der Waals surface area contributed by atoms with E-state index >= 15 is 0 Å². The third-order valence-electron chi connectivity index (χ3n) is 6.54. The zero-order chi connectivity index (χ0) is 20.7. The highest BCUT2D eigenvalue weighted by Crippen LogP contribution is 2.46. The molecule has 1 aliphatic carbocycles. The molecule has 0 atom stereocenters. The van der Waals surface area contributed by atoms with Gasteiger partial charge in [0.15, 0.2) is 0 Å². The molecule has 0 spiro atoms. The second-order valence-electron chi connectivity index (χ2n) is 8.83. The van der Waals surface area contributed by atoms with Crippen LogP contribution in [-0.4, -0.2) is 28.4 Å². The van der Waals surface area contributed by atoms with Crippen LogP contribution in [0.15, 0.2) is 24.3 Å². The van der Waals surface area contributed by atoms with Gasteiger partial charge in [0, 0.05) is 35.5 Å². The van der Waals surface area contributed by atoms with Crippen molar-refractivity contribution in [3.8, 4) is 10.6 Å². The number of halogens is 1. The average molecular weight is 476 g/mol. The van der Waals surface area contributed by atoms with Crippen LogP contribution in [0.3, 0.4) is 0 Å². The zero-order valence-corrected chi connectivity index (χ0v) is 20.6. The molecular formula is C24H30ClN3OS2. The smallest absolute Gasteiger partial charge is 0.228 e. The molecule has 0 bridgehead atoms. The van der Waals surface area contributed by atoms with Crippen LogP contribution in [0.2, 0.25) is 0 Å². The van der Waals surface area contributed by atoms with Gasteiger partial charge in [0.05, 0.1) is 10.2 Å². The van der Waals surface area contributed by atoms with Gasteiger partial charge in [-0.1, -0.05) is 31.4 Å². The summed E-state index contributed by atoms with van der Waals surface area (Å²) >= 11 is 3.52. The number of thiazole rings is 1. The van der Waals surface area contributed by atoms with Gasteiger partial charge in [-0.05, 0) is 50.8 Å². The van der Waals surface area contributed by atoms with Gasteiger partial charge < -0.3 is 5.32 Å². The number of aromatic nitrogens is 1. The van der Waals surface area contributed by atoms with Gasteiger partial charge in [-0.25, -0.2) is 4.98 Å². The molecule has 4 nitrogen and oxygen atoms in total. The van der Waals surface area contributed by atoms with Crippen molar-refractivity contribution in [1.82, 2.24) is 9.88 Å². The van der Waals surface area contributed by atoms with Crippen molar-refractivity contribution in [2.24, 2.45) is 5.92 Å². The number of carbonyl (C=O) groups is 1. The van der Waals surface area contributed by atoms with E-state index in [-0.39, 0.29) is 24.2 Å². The highest BCUT2D eigenvalue weighted by atomic mass is 35.5. The molecule has 0 unspecified atom stereocenters. The Hall–Kier alpha value is -1.47. The Morgan fingerprint density at radius 2 is 1.94 bits per heavy atom. The monoisotopic (exact) mass is 475 g/mol. The summed E-state index contributed by atoms with van der Waals surface area (Å²) in [4.78, 5) is 21.9. The maximum atomic E-state index is 13.1. The average Bonchev–Trinajstić information content (AvgIpc) is 3.34. The molecule has 31 heavy (non-hydrogen) atoms. The van der Waals surface area contributed by atoms with Crippen LogP contribution in [0.1, 0.15) is 56.4 Å². The summed E-state index contributed by atoms with van der Waals surface area (Å²) in [6, 6.07) is 8.86. The first-order valence-corrected chi connectivity index (χ1v) is 12.8. The standard InChI is InChI=1S/C24H29N3OS2.ClH/c1-15(2)27-13-12-17-20(14-27)30-24(26-22(28)16-8-4-3-5-9-16)21(17)23-25-18-10-6-7-11-19(18)29-23;/h6-7,10-11,15-16H,3-5,8-9,12-14H2,1-2H3,(H,26,28);1H. The van der Waals surface area contributed by atoms with Crippen molar-refractivity contribution in [3.05, 3.63) is 34.7 Å². The van der Waals surface area contributed by atoms with E-state index in [1.165, 1.54) is 40.0 Å². The van der Waals surface area contributed by atoms with E-state index in [9.17, 15) is 4.79 Å². The highest BCUT2D eigenvalue weighted by molar-refractivity contribution is 7.22. The fourth-order valence-electron chi connectivity index (χ4n) is 4.74. The van der Waals surface area contributed by atoms with Crippen molar-refractivity contribution >= 4 is 56.2 Å². The van der Waals surface area contributed by atoms with Crippen molar-refractivity contribution in [1.29, 1.82) is 0 Å². The number of hydrogen-bond donors (Lipinski definition) is 1. The lowest BCUT2D eigenvalue weighted by Gasteiger charge is -2.30. The molecule has 2 aromatic heterocycles.